The monoisotopic (exact) mass is 286 g/mol. The molecule has 3 N–H and O–H groups in total. The van der Waals surface area contributed by atoms with Crippen LogP contribution in [0.1, 0.15) is 23.6 Å². The predicted molar refractivity (Wildman–Crippen MR) is 84.4 cm³/mol. The van der Waals surface area contributed by atoms with Crippen LogP contribution in [0.5, 0.6) is 11.5 Å². The summed E-state index contributed by atoms with van der Waals surface area (Å²) in [5.41, 5.74) is 5.18. The van der Waals surface area contributed by atoms with E-state index in [0.717, 1.165) is 29.9 Å². The molecule has 0 bridgehead atoms. The van der Waals surface area contributed by atoms with Crippen molar-refractivity contribution in [3.63, 3.8) is 0 Å². The van der Waals surface area contributed by atoms with E-state index in [-0.39, 0.29) is 6.04 Å². The van der Waals surface area contributed by atoms with Crippen LogP contribution < -0.4 is 20.7 Å². The zero-order valence-electron chi connectivity index (χ0n) is 12.5. The van der Waals surface area contributed by atoms with Gasteiger partial charge in [0, 0.05) is 5.56 Å². The van der Waals surface area contributed by atoms with Gasteiger partial charge in [-0.25, -0.2) is 0 Å². The van der Waals surface area contributed by atoms with Crippen LogP contribution in [0.3, 0.4) is 0 Å². The second kappa shape index (κ2) is 7.67. The summed E-state index contributed by atoms with van der Waals surface area (Å²) in [6, 6.07) is 16.1. The highest BCUT2D eigenvalue weighted by Gasteiger charge is 2.16. The summed E-state index contributed by atoms with van der Waals surface area (Å²) in [7, 11) is 3.32. The summed E-state index contributed by atoms with van der Waals surface area (Å²) in [5.74, 6) is 7.35. The lowest BCUT2D eigenvalue weighted by Crippen LogP contribution is -2.28. The average molecular weight is 286 g/mol. The van der Waals surface area contributed by atoms with Crippen LogP contribution in [-0.2, 0) is 6.42 Å². The summed E-state index contributed by atoms with van der Waals surface area (Å²) in [6.07, 6.45) is 1.82. The molecular formula is C17H22N2O2. The van der Waals surface area contributed by atoms with E-state index >= 15 is 0 Å². The van der Waals surface area contributed by atoms with Crippen LogP contribution in [-0.4, -0.2) is 14.2 Å². The van der Waals surface area contributed by atoms with Crippen molar-refractivity contribution in [1.29, 1.82) is 0 Å². The molecule has 0 aromatic heterocycles. The minimum atomic E-state index is 0.00950. The first kappa shape index (κ1) is 15.4. The predicted octanol–water partition coefficient (Wildman–Crippen LogP) is 2.84. The standard InChI is InChI=1S/C17H22N2O2/c1-20-14-9-11-17(21-2)15(12-14)16(19-18)10-8-13-6-4-3-5-7-13/h3-7,9,11-12,16,19H,8,10,18H2,1-2H3. The Kier molecular flexibility index (Phi) is 5.60. The van der Waals surface area contributed by atoms with E-state index in [4.69, 9.17) is 15.3 Å². The van der Waals surface area contributed by atoms with Gasteiger partial charge in [0.1, 0.15) is 11.5 Å². The fraction of sp³-hybridized carbons (Fsp3) is 0.294. The van der Waals surface area contributed by atoms with Crippen molar-refractivity contribution < 1.29 is 9.47 Å². The average Bonchev–Trinajstić information content (AvgIpc) is 2.56. The Hall–Kier alpha value is -2.04. The largest absolute Gasteiger partial charge is 0.497 e. The maximum absolute atomic E-state index is 5.74. The highest BCUT2D eigenvalue weighted by atomic mass is 16.5. The minimum Gasteiger partial charge on any atom is -0.497 e. The second-order valence-corrected chi connectivity index (χ2v) is 4.85. The van der Waals surface area contributed by atoms with Crippen LogP contribution in [0.2, 0.25) is 0 Å². The molecule has 1 unspecified atom stereocenters. The summed E-state index contributed by atoms with van der Waals surface area (Å²) in [6.45, 7) is 0. The molecule has 112 valence electrons. The van der Waals surface area contributed by atoms with Crippen molar-refractivity contribution in [1.82, 2.24) is 5.43 Å². The first-order chi connectivity index (χ1) is 10.3. The number of methoxy groups -OCH3 is 2. The topological polar surface area (TPSA) is 56.5 Å². The molecule has 4 nitrogen and oxygen atoms in total. The van der Waals surface area contributed by atoms with Crippen LogP contribution in [0.25, 0.3) is 0 Å². The molecule has 2 rings (SSSR count). The lowest BCUT2D eigenvalue weighted by atomic mass is 9.98. The number of nitrogens with one attached hydrogen (secondary N) is 1. The number of nitrogens with two attached hydrogens (primary N) is 1. The van der Waals surface area contributed by atoms with Crippen LogP contribution in [0.4, 0.5) is 0 Å². The van der Waals surface area contributed by atoms with E-state index in [1.807, 2.05) is 36.4 Å². The zero-order chi connectivity index (χ0) is 15.1. The molecule has 0 fully saturated rings. The number of hydrogen-bond donors (Lipinski definition) is 2. The molecule has 21 heavy (non-hydrogen) atoms. The first-order valence-corrected chi connectivity index (χ1v) is 7.00. The van der Waals surface area contributed by atoms with Gasteiger partial charge < -0.3 is 9.47 Å². The van der Waals surface area contributed by atoms with Crippen molar-refractivity contribution in [2.45, 2.75) is 18.9 Å². The Morgan fingerprint density at radius 1 is 1.05 bits per heavy atom. The number of benzene rings is 2. The van der Waals surface area contributed by atoms with Crippen molar-refractivity contribution in [2.75, 3.05) is 14.2 Å². The highest BCUT2D eigenvalue weighted by Crippen LogP contribution is 2.31. The number of rotatable bonds is 7. The third-order valence-electron chi connectivity index (χ3n) is 3.58. The molecule has 1 atom stereocenters. The third kappa shape index (κ3) is 3.97. The minimum absolute atomic E-state index is 0.00950. The molecule has 2 aromatic carbocycles. The molecule has 0 aliphatic carbocycles. The van der Waals surface area contributed by atoms with E-state index in [9.17, 15) is 0 Å². The second-order valence-electron chi connectivity index (χ2n) is 4.85. The van der Waals surface area contributed by atoms with Gasteiger partial charge in [-0.3, -0.25) is 11.3 Å². The molecule has 0 heterocycles. The third-order valence-corrected chi connectivity index (χ3v) is 3.58. The van der Waals surface area contributed by atoms with Crippen LogP contribution in [0.15, 0.2) is 48.5 Å². The van der Waals surface area contributed by atoms with Gasteiger partial charge in [-0.2, -0.15) is 0 Å². The molecule has 0 aliphatic heterocycles. The van der Waals surface area contributed by atoms with E-state index < -0.39 is 0 Å². The summed E-state index contributed by atoms with van der Waals surface area (Å²) < 4.78 is 10.7. The Balaban J connectivity index is 2.16. The van der Waals surface area contributed by atoms with E-state index in [2.05, 4.69) is 17.6 Å². The van der Waals surface area contributed by atoms with E-state index in [0.29, 0.717) is 0 Å². The smallest absolute Gasteiger partial charge is 0.123 e. The van der Waals surface area contributed by atoms with Gasteiger partial charge in [-0.05, 0) is 36.6 Å². The maximum atomic E-state index is 5.74. The first-order valence-electron chi connectivity index (χ1n) is 7.00. The quantitative estimate of drug-likeness (QED) is 0.607. The molecule has 4 heteroatoms. The van der Waals surface area contributed by atoms with Crippen molar-refractivity contribution >= 4 is 0 Å². The molecule has 2 aromatic rings. The Morgan fingerprint density at radius 3 is 2.43 bits per heavy atom. The van der Waals surface area contributed by atoms with Crippen LogP contribution >= 0.6 is 0 Å². The molecule has 0 saturated carbocycles. The Bertz CT molecular complexity index is 558. The molecule has 0 spiro atoms. The lowest BCUT2D eigenvalue weighted by molar-refractivity contribution is 0.387. The normalized spacial score (nSPS) is 12.0. The van der Waals surface area contributed by atoms with Crippen molar-refractivity contribution in [3.8, 4) is 11.5 Å². The highest BCUT2D eigenvalue weighted by molar-refractivity contribution is 5.42. The number of hydrogen-bond acceptors (Lipinski definition) is 4. The maximum Gasteiger partial charge on any atom is 0.123 e. The summed E-state index contributed by atoms with van der Waals surface area (Å²) in [5, 5.41) is 0. The summed E-state index contributed by atoms with van der Waals surface area (Å²) >= 11 is 0. The van der Waals surface area contributed by atoms with Gasteiger partial charge in [0.05, 0.1) is 20.3 Å². The van der Waals surface area contributed by atoms with Crippen molar-refractivity contribution in [2.24, 2.45) is 5.84 Å². The van der Waals surface area contributed by atoms with Gasteiger partial charge in [0.15, 0.2) is 0 Å². The van der Waals surface area contributed by atoms with Crippen LogP contribution in [0, 0.1) is 0 Å². The van der Waals surface area contributed by atoms with Gasteiger partial charge in [0.25, 0.3) is 0 Å². The lowest BCUT2D eigenvalue weighted by Gasteiger charge is -2.20. The number of aryl methyl sites for hydroxylation is 1. The summed E-state index contributed by atoms with van der Waals surface area (Å²) in [4.78, 5) is 0. The molecule has 0 radical (unpaired) electrons. The SMILES string of the molecule is COc1ccc(OC)c(C(CCc2ccccc2)NN)c1. The number of hydrazine groups is 1. The van der Waals surface area contributed by atoms with Gasteiger partial charge in [0.2, 0.25) is 0 Å². The molecular weight excluding hydrogens is 264 g/mol. The Morgan fingerprint density at radius 2 is 1.81 bits per heavy atom. The van der Waals surface area contributed by atoms with Gasteiger partial charge >= 0.3 is 0 Å². The van der Waals surface area contributed by atoms with Crippen molar-refractivity contribution in [3.05, 3.63) is 59.7 Å². The van der Waals surface area contributed by atoms with E-state index in [1.165, 1.54) is 5.56 Å². The Labute approximate surface area is 125 Å². The number of ether oxygens (including phenoxy) is 2. The molecule has 0 amide bonds. The zero-order valence-corrected chi connectivity index (χ0v) is 12.5. The molecule has 0 aliphatic rings. The van der Waals surface area contributed by atoms with E-state index in [1.54, 1.807) is 14.2 Å². The fourth-order valence-corrected chi connectivity index (χ4v) is 2.40. The van der Waals surface area contributed by atoms with Gasteiger partial charge in [-0.15, -0.1) is 0 Å². The molecule has 0 saturated heterocycles. The van der Waals surface area contributed by atoms with Gasteiger partial charge in [-0.1, -0.05) is 30.3 Å². The fourth-order valence-electron chi connectivity index (χ4n) is 2.40.